The fraction of sp³-hybridized carbons (Fsp3) is 0.462. The van der Waals surface area contributed by atoms with Crippen LogP contribution in [0.2, 0.25) is 0 Å². The quantitative estimate of drug-likeness (QED) is 0.621. The largest absolute Gasteiger partial charge is 0.398 e. The molecular weight excluding hydrogens is 312 g/mol. The molecule has 1 aromatic rings. The summed E-state index contributed by atoms with van der Waals surface area (Å²) in [5.74, 6) is 2.10. The molecule has 1 unspecified atom stereocenters. The van der Waals surface area contributed by atoms with Crippen LogP contribution in [0.4, 0.5) is 5.69 Å². The number of nitrogen functional groups attached to an aromatic ring is 1. The molecule has 1 atom stereocenters. The number of hydrogen-bond acceptors (Lipinski definition) is 3. The van der Waals surface area contributed by atoms with E-state index in [0.717, 1.165) is 17.9 Å². The molecular formula is C13H19BrN2OS. The highest BCUT2D eigenvalue weighted by molar-refractivity contribution is 9.10. The smallest absolute Gasteiger partial charge is 0.252 e. The number of anilines is 1. The first kappa shape index (κ1) is 15.4. The molecule has 0 aromatic heterocycles. The summed E-state index contributed by atoms with van der Waals surface area (Å²) in [6.07, 6.45) is 0.976. The van der Waals surface area contributed by atoms with E-state index in [9.17, 15) is 4.79 Å². The highest BCUT2D eigenvalue weighted by atomic mass is 79.9. The van der Waals surface area contributed by atoms with Crippen LogP contribution in [0.5, 0.6) is 0 Å². The van der Waals surface area contributed by atoms with Crippen molar-refractivity contribution in [2.45, 2.75) is 26.3 Å². The number of hydrogen-bond donors (Lipinski definition) is 2. The highest BCUT2D eigenvalue weighted by Crippen LogP contribution is 2.23. The molecule has 0 aliphatic carbocycles. The molecule has 0 spiro atoms. The number of carbonyl (C=O) groups is 1. The van der Waals surface area contributed by atoms with Crippen LogP contribution in [0.25, 0.3) is 0 Å². The van der Waals surface area contributed by atoms with Crippen LogP contribution < -0.4 is 11.1 Å². The number of amides is 1. The van der Waals surface area contributed by atoms with E-state index in [0.29, 0.717) is 15.7 Å². The van der Waals surface area contributed by atoms with Crippen LogP contribution in [0.3, 0.4) is 0 Å². The van der Waals surface area contributed by atoms with Crippen molar-refractivity contribution in [3.05, 3.63) is 28.2 Å². The van der Waals surface area contributed by atoms with Gasteiger partial charge in [0.1, 0.15) is 0 Å². The molecule has 100 valence electrons. The first-order chi connectivity index (χ1) is 8.56. The average molecular weight is 331 g/mol. The summed E-state index contributed by atoms with van der Waals surface area (Å²) >= 11 is 5.23. The fourth-order valence-corrected chi connectivity index (χ4v) is 2.76. The Kier molecular flexibility index (Phi) is 6.57. The third kappa shape index (κ3) is 4.53. The van der Waals surface area contributed by atoms with E-state index in [2.05, 4.69) is 28.2 Å². The zero-order valence-corrected chi connectivity index (χ0v) is 13.1. The summed E-state index contributed by atoms with van der Waals surface area (Å²) in [4.78, 5) is 12.1. The maximum Gasteiger partial charge on any atom is 0.252 e. The van der Waals surface area contributed by atoms with Crippen molar-refractivity contribution < 1.29 is 4.79 Å². The molecule has 0 radical (unpaired) electrons. The second-order valence-electron chi connectivity index (χ2n) is 4.07. The summed E-state index contributed by atoms with van der Waals surface area (Å²) in [6, 6.07) is 5.49. The van der Waals surface area contributed by atoms with Gasteiger partial charge in [0.05, 0.1) is 10.0 Å². The summed E-state index contributed by atoms with van der Waals surface area (Å²) < 4.78 is 0.664. The lowest BCUT2D eigenvalue weighted by Gasteiger charge is -2.14. The Labute approximate surface area is 121 Å². The van der Waals surface area contributed by atoms with Crippen molar-refractivity contribution >= 4 is 39.3 Å². The van der Waals surface area contributed by atoms with E-state index in [1.807, 2.05) is 18.7 Å². The maximum atomic E-state index is 12.1. The number of nitrogens with two attached hydrogens (primary N) is 1. The van der Waals surface area contributed by atoms with Crippen molar-refractivity contribution in [1.29, 1.82) is 0 Å². The molecule has 0 aliphatic rings. The molecule has 1 rings (SSSR count). The minimum atomic E-state index is -0.0804. The number of benzene rings is 1. The van der Waals surface area contributed by atoms with Gasteiger partial charge in [-0.3, -0.25) is 4.79 Å². The Morgan fingerprint density at radius 3 is 2.94 bits per heavy atom. The van der Waals surface area contributed by atoms with E-state index in [1.54, 1.807) is 18.2 Å². The van der Waals surface area contributed by atoms with Crippen LogP contribution in [-0.4, -0.2) is 23.5 Å². The molecule has 0 heterocycles. The highest BCUT2D eigenvalue weighted by Gasteiger charge is 2.13. The summed E-state index contributed by atoms with van der Waals surface area (Å²) in [6.45, 7) is 4.16. The average Bonchev–Trinajstić information content (AvgIpc) is 2.32. The predicted molar refractivity (Wildman–Crippen MR) is 83.1 cm³/mol. The second-order valence-corrected chi connectivity index (χ2v) is 6.26. The maximum absolute atomic E-state index is 12.1. The standard InChI is InChI=1S/C13H19BrN2OS/c1-3-18-8-7-9(2)16-13(17)10-5-4-6-11(15)12(10)14/h4-6,9H,3,7-8,15H2,1-2H3,(H,16,17). The van der Waals surface area contributed by atoms with Crippen molar-refractivity contribution in [2.24, 2.45) is 0 Å². The van der Waals surface area contributed by atoms with Crippen LogP contribution in [-0.2, 0) is 0 Å². The van der Waals surface area contributed by atoms with Gasteiger partial charge < -0.3 is 11.1 Å². The van der Waals surface area contributed by atoms with E-state index in [-0.39, 0.29) is 11.9 Å². The van der Waals surface area contributed by atoms with Gasteiger partial charge in [-0.05, 0) is 52.9 Å². The first-order valence-electron chi connectivity index (χ1n) is 5.98. The van der Waals surface area contributed by atoms with E-state index in [1.165, 1.54) is 0 Å². The zero-order chi connectivity index (χ0) is 13.5. The lowest BCUT2D eigenvalue weighted by Crippen LogP contribution is -2.33. The van der Waals surface area contributed by atoms with E-state index in [4.69, 9.17) is 5.73 Å². The molecule has 0 aliphatic heterocycles. The van der Waals surface area contributed by atoms with Gasteiger partial charge in [-0.1, -0.05) is 13.0 Å². The number of halogens is 1. The first-order valence-corrected chi connectivity index (χ1v) is 7.93. The van der Waals surface area contributed by atoms with Gasteiger partial charge in [0.15, 0.2) is 0 Å². The molecule has 0 fully saturated rings. The molecule has 18 heavy (non-hydrogen) atoms. The van der Waals surface area contributed by atoms with Crippen LogP contribution in [0.1, 0.15) is 30.6 Å². The van der Waals surface area contributed by atoms with Crippen molar-refractivity contribution in [1.82, 2.24) is 5.32 Å². The Bertz CT molecular complexity index is 412. The molecule has 0 saturated heterocycles. The molecule has 3 N–H and O–H groups in total. The van der Waals surface area contributed by atoms with E-state index >= 15 is 0 Å². The number of rotatable bonds is 6. The van der Waals surface area contributed by atoms with Gasteiger partial charge in [0.25, 0.3) is 5.91 Å². The summed E-state index contributed by atoms with van der Waals surface area (Å²) in [7, 11) is 0. The summed E-state index contributed by atoms with van der Waals surface area (Å²) in [5, 5.41) is 2.99. The predicted octanol–water partition coefficient (Wildman–Crippen LogP) is 3.29. The Hall–Kier alpha value is -0.680. The van der Waals surface area contributed by atoms with Gasteiger partial charge in [-0.2, -0.15) is 11.8 Å². The molecule has 1 aromatic carbocycles. The van der Waals surface area contributed by atoms with Gasteiger partial charge in [-0.25, -0.2) is 0 Å². The third-order valence-corrected chi connectivity index (χ3v) is 4.37. The number of carbonyl (C=O) groups excluding carboxylic acids is 1. The van der Waals surface area contributed by atoms with Crippen LogP contribution >= 0.6 is 27.7 Å². The Morgan fingerprint density at radius 1 is 1.56 bits per heavy atom. The van der Waals surface area contributed by atoms with Gasteiger partial charge in [0, 0.05) is 11.7 Å². The van der Waals surface area contributed by atoms with Crippen LogP contribution in [0.15, 0.2) is 22.7 Å². The SMILES string of the molecule is CCSCCC(C)NC(=O)c1cccc(N)c1Br. The normalized spacial score (nSPS) is 12.2. The van der Waals surface area contributed by atoms with Crippen LogP contribution in [0, 0.1) is 0 Å². The van der Waals surface area contributed by atoms with Gasteiger partial charge in [-0.15, -0.1) is 0 Å². The molecule has 1 amide bonds. The Morgan fingerprint density at radius 2 is 2.28 bits per heavy atom. The molecule has 5 heteroatoms. The van der Waals surface area contributed by atoms with Gasteiger partial charge in [0.2, 0.25) is 0 Å². The van der Waals surface area contributed by atoms with E-state index < -0.39 is 0 Å². The molecule has 0 bridgehead atoms. The van der Waals surface area contributed by atoms with Crippen molar-refractivity contribution in [3.63, 3.8) is 0 Å². The molecule has 0 saturated carbocycles. The topological polar surface area (TPSA) is 55.1 Å². The lowest BCUT2D eigenvalue weighted by atomic mass is 10.1. The minimum absolute atomic E-state index is 0.0804. The minimum Gasteiger partial charge on any atom is -0.398 e. The monoisotopic (exact) mass is 330 g/mol. The third-order valence-electron chi connectivity index (χ3n) is 2.55. The Balaban J connectivity index is 2.57. The van der Waals surface area contributed by atoms with Gasteiger partial charge >= 0.3 is 0 Å². The summed E-state index contributed by atoms with van der Waals surface area (Å²) in [5.41, 5.74) is 6.93. The van der Waals surface area contributed by atoms with Crippen molar-refractivity contribution in [2.75, 3.05) is 17.2 Å². The second kappa shape index (κ2) is 7.69. The van der Waals surface area contributed by atoms with Crippen molar-refractivity contribution in [3.8, 4) is 0 Å². The number of thioether (sulfide) groups is 1. The zero-order valence-electron chi connectivity index (χ0n) is 10.7. The molecule has 3 nitrogen and oxygen atoms in total. The fourth-order valence-electron chi connectivity index (χ4n) is 1.50. The lowest BCUT2D eigenvalue weighted by molar-refractivity contribution is 0.0939. The number of nitrogens with one attached hydrogen (secondary N) is 1.